The highest BCUT2D eigenvalue weighted by molar-refractivity contribution is 5.87. The molecule has 2 aromatic rings. The molecule has 0 unspecified atom stereocenters. The van der Waals surface area contributed by atoms with Crippen LogP contribution in [-0.2, 0) is 9.53 Å². The van der Waals surface area contributed by atoms with Gasteiger partial charge in [-0.25, -0.2) is 10.3 Å². The average Bonchev–Trinajstić information content (AvgIpc) is 2.92. The molecule has 0 radical (unpaired) electrons. The Morgan fingerprint density at radius 3 is 1.77 bits per heavy atom. The first-order valence-corrected chi connectivity index (χ1v) is 11.9. The molecule has 2 aliphatic rings. The predicted octanol–water partition coefficient (Wildman–Crippen LogP) is 1.28. The normalized spacial score (nSPS) is 18.1. The van der Waals surface area contributed by atoms with E-state index in [4.69, 9.17) is 9.94 Å². The predicted molar refractivity (Wildman–Crippen MR) is 133 cm³/mol. The monoisotopic (exact) mass is 483 g/mol. The number of carbonyl (C=O) groups excluding carboxylic acids is 2. The second-order valence-electron chi connectivity index (χ2n) is 8.81. The van der Waals surface area contributed by atoms with Gasteiger partial charge in [0.25, 0.3) is 5.91 Å². The van der Waals surface area contributed by atoms with Crippen molar-refractivity contribution in [1.82, 2.24) is 15.7 Å². The Morgan fingerprint density at radius 1 is 0.829 bits per heavy atom. The molecule has 4 N–H and O–H groups in total. The highest BCUT2D eigenvalue weighted by atomic mass is 16.5. The minimum absolute atomic E-state index is 0.449. The van der Waals surface area contributed by atoms with Crippen molar-refractivity contribution in [3.8, 4) is 11.1 Å². The molecule has 2 atom stereocenters. The number of rotatable bonds is 6. The fraction of sp³-hybridized carbons (Fsp3) is 0.440. The van der Waals surface area contributed by atoms with E-state index in [9.17, 15) is 14.7 Å². The molecule has 10 heteroatoms. The van der Waals surface area contributed by atoms with E-state index >= 15 is 0 Å². The van der Waals surface area contributed by atoms with Crippen LogP contribution in [0.15, 0.2) is 48.5 Å². The fourth-order valence-corrected chi connectivity index (χ4v) is 4.42. The van der Waals surface area contributed by atoms with Gasteiger partial charge in [-0.1, -0.05) is 24.3 Å². The van der Waals surface area contributed by atoms with Crippen LogP contribution >= 0.6 is 0 Å². The molecule has 0 bridgehead atoms. The molecule has 2 aromatic carbocycles. The molecule has 2 aliphatic heterocycles. The molecule has 0 saturated carbocycles. The Balaban J connectivity index is 1.31. The van der Waals surface area contributed by atoms with E-state index in [0.29, 0.717) is 26.2 Å². The van der Waals surface area contributed by atoms with Crippen LogP contribution in [0, 0.1) is 0 Å². The summed E-state index contributed by atoms with van der Waals surface area (Å²) in [6, 6.07) is 15.3. The van der Waals surface area contributed by atoms with Crippen LogP contribution in [0.5, 0.6) is 0 Å². The molecule has 10 nitrogen and oxygen atoms in total. The van der Waals surface area contributed by atoms with Gasteiger partial charge in [-0.2, -0.15) is 0 Å². The number of carbonyl (C=O) groups is 2. The number of aliphatic hydroxyl groups excluding tert-OH is 1. The summed E-state index contributed by atoms with van der Waals surface area (Å²) in [6.07, 6.45) is -1.14. The lowest BCUT2D eigenvalue weighted by Crippen LogP contribution is -2.58. The Labute approximate surface area is 205 Å². The van der Waals surface area contributed by atoms with E-state index < -0.39 is 24.1 Å². The Bertz CT molecular complexity index is 984. The van der Waals surface area contributed by atoms with Crippen molar-refractivity contribution >= 4 is 23.3 Å². The second kappa shape index (κ2) is 11.4. The zero-order chi connectivity index (χ0) is 24.8. The van der Waals surface area contributed by atoms with E-state index in [1.807, 2.05) is 0 Å². The standard InChI is InChI=1S/C25H33N5O5/c1-18(31)23(24(32)27-34)26-25(33)30-12-10-28(11-13-30)21-6-2-19(3-7-21)20-4-8-22(9-5-20)29-14-16-35-17-15-29/h2-9,18,23,31,34H,10-17H2,1H3,(H,26,33)(H,27,32)/t18-,23+/m1/s1. The summed E-state index contributed by atoms with van der Waals surface area (Å²) < 4.78 is 5.43. The van der Waals surface area contributed by atoms with E-state index in [0.717, 1.165) is 43.1 Å². The van der Waals surface area contributed by atoms with E-state index in [1.54, 1.807) is 4.90 Å². The van der Waals surface area contributed by atoms with Gasteiger partial charge < -0.3 is 29.9 Å². The van der Waals surface area contributed by atoms with Gasteiger partial charge >= 0.3 is 6.03 Å². The number of piperazine rings is 1. The number of morpholine rings is 1. The topological polar surface area (TPSA) is 118 Å². The number of urea groups is 1. The van der Waals surface area contributed by atoms with Crippen molar-refractivity contribution < 1.29 is 24.6 Å². The minimum Gasteiger partial charge on any atom is -0.391 e. The molecule has 2 heterocycles. The molecular weight excluding hydrogens is 450 g/mol. The van der Waals surface area contributed by atoms with Crippen LogP contribution < -0.4 is 20.6 Å². The maximum absolute atomic E-state index is 12.5. The lowest BCUT2D eigenvalue weighted by atomic mass is 10.0. The number of amides is 3. The van der Waals surface area contributed by atoms with E-state index in [2.05, 4.69) is 63.6 Å². The third-order valence-electron chi connectivity index (χ3n) is 6.53. The Kier molecular flexibility index (Phi) is 8.06. The number of nitrogens with one attached hydrogen (secondary N) is 2. The third kappa shape index (κ3) is 6.02. The van der Waals surface area contributed by atoms with Crippen molar-refractivity contribution in [2.75, 3.05) is 62.3 Å². The van der Waals surface area contributed by atoms with Crippen LogP contribution in [0.1, 0.15) is 6.92 Å². The molecule has 2 fully saturated rings. The van der Waals surface area contributed by atoms with Crippen LogP contribution in [0.25, 0.3) is 11.1 Å². The summed E-state index contributed by atoms with van der Waals surface area (Å²) in [5.41, 5.74) is 6.08. The lowest BCUT2D eigenvalue weighted by molar-refractivity contribution is -0.133. The Hall–Kier alpha value is -3.34. The largest absolute Gasteiger partial charge is 0.391 e. The number of benzene rings is 2. The molecule has 35 heavy (non-hydrogen) atoms. The molecule has 2 saturated heterocycles. The summed E-state index contributed by atoms with van der Waals surface area (Å²) in [7, 11) is 0. The zero-order valence-electron chi connectivity index (χ0n) is 19.9. The first-order chi connectivity index (χ1) is 17.0. The number of hydroxylamine groups is 1. The van der Waals surface area contributed by atoms with Gasteiger partial charge in [-0.15, -0.1) is 0 Å². The van der Waals surface area contributed by atoms with Crippen molar-refractivity contribution in [1.29, 1.82) is 0 Å². The van der Waals surface area contributed by atoms with Gasteiger partial charge in [0.05, 0.1) is 19.3 Å². The van der Waals surface area contributed by atoms with Gasteiger partial charge in [0.15, 0.2) is 0 Å². The molecule has 4 rings (SSSR count). The third-order valence-corrected chi connectivity index (χ3v) is 6.53. The summed E-state index contributed by atoms with van der Waals surface area (Å²) in [6.45, 7) is 6.99. The van der Waals surface area contributed by atoms with Crippen LogP contribution in [-0.4, -0.2) is 91.8 Å². The SMILES string of the molecule is C[C@@H](O)[C@H](NC(=O)N1CCN(c2ccc(-c3ccc(N4CCOCC4)cc3)cc2)CC1)C(=O)NO. The zero-order valence-corrected chi connectivity index (χ0v) is 19.9. The quantitative estimate of drug-likeness (QED) is 0.361. The van der Waals surface area contributed by atoms with E-state index in [-0.39, 0.29) is 0 Å². The fourth-order valence-electron chi connectivity index (χ4n) is 4.42. The second-order valence-corrected chi connectivity index (χ2v) is 8.81. The van der Waals surface area contributed by atoms with Gasteiger partial charge in [0.1, 0.15) is 6.04 Å². The number of aliphatic hydroxyl groups is 1. The van der Waals surface area contributed by atoms with Crippen LogP contribution in [0.3, 0.4) is 0 Å². The molecule has 3 amide bonds. The van der Waals surface area contributed by atoms with E-state index in [1.165, 1.54) is 18.1 Å². The number of hydrogen-bond donors (Lipinski definition) is 4. The first-order valence-electron chi connectivity index (χ1n) is 11.9. The molecular formula is C25H33N5O5. The number of anilines is 2. The van der Waals surface area contributed by atoms with Crippen LogP contribution in [0.4, 0.5) is 16.2 Å². The van der Waals surface area contributed by atoms with Crippen LogP contribution in [0.2, 0.25) is 0 Å². The molecule has 0 spiro atoms. The molecule has 188 valence electrons. The average molecular weight is 484 g/mol. The molecule has 0 aliphatic carbocycles. The maximum atomic E-state index is 12.5. The minimum atomic E-state index is -1.22. The summed E-state index contributed by atoms with van der Waals surface area (Å²) >= 11 is 0. The summed E-state index contributed by atoms with van der Waals surface area (Å²) in [4.78, 5) is 30.3. The van der Waals surface area contributed by atoms with Crippen molar-refractivity contribution in [2.24, 2.45) is 0 Å². The van der Waals surface area contributed by atoms with Crippen molar-refractivity contribution in [2.45, 2.75) is 19.1 Å². The summed E-state index contributed by atoms with van der Waals surface area (Å²) in [5.74, 6) is -0.859. The Morgan fingerprint density at radius 2 is 1.31 bits per heavy atom. The lowest BCUT2D eigenvalue weighted by Gasteiger charge is -2.36. The van der Waals surface area contributed by atoms with Gasteiger partial charge in [-0.3, -0.25) is 10.0 Å². The highest BCUT2D eigenvalue weighted by Crippen LogP contribution is 2.26. The smallest absolute Gasteiger partial charge is 0.318 e. The van der Waals surface area contributed by atoms with Crippen molar-refractivity contribution in [3.63, 3.8) is 0 Å². The number of nitrogens with zero attached hydrogens (tertiary/aromatic N) is 3. The highest BCUT2D eigenvalue weighted by Gasteiger charge is 2.29. The molecule has 0 aromatic heterocycles. The first kappa shape index (κ1) is 24.8. The summed E-state index contributed by atoms with van der Waals surface area (Å²) in [5, 5.41) is 21.0. The van der Waals surface area contributed by atoms with Gasteiger partial charge in [-0.05, 0) is 42.3 Å². The van der Waals surface area contributed by atoms with Crippen molar-refractivity contribution in [3.05, 3.63) is 48.5 Å². The van der Waals surface area contributed by atoms with Gasteiger partial charge in [0.2, 0.25) is 0 Å². The number of ether oxygens (including phenoxy) is 1. The number of hydrogen-bond acceptors (Lipinski definition) is 7. The van der Waals surface area contributed by atoms with Gasteiger partial charge in [0, 0.05) is 50.6 Å². The maximum Gasteiger partial charge on any atom is 0.318 e.